The second kappa shape index (κ2) is 13.1. The van der Waals surface area contributed by atoms with E-state index in [1.807, 2.05) is 59.5 Å². The molecule has 0 aliphatic carbocycles. The lowest BCUT2D eigenvalue weighted by atomic mass is 10.0. The lowest BCUT2D eigenvalue weighted by molar-refractivity contribution is -0.118. The van der Waals surface area contributed by atoms with Crippen LogP contribution in [0.3, 0.4) is 0 Å². The fourth-order valence-electron chi connectivity index (χ4n) is 4.55. The average Bonchev–Trinajstić information content (AvgIpc) is 2.99. The van der Waals surface area contributed by atoms with Crippen LogP contribution in [0.2, 0.25) is 5.02 Å². The lowest BCUT2D eigenvalue weighted by Gasteiger charge is -2.30. The van der Waals surface area contributed by atoms with Crippen molar-refractivity contribution in [2.75, 3.05) is 47.8 Å². The molecule has 0 spiro atoms. The molecule has 0 saturated carbocycles. The minimum absolute atomic E-state index is 0.0149. The van der Waals surface area contributed by atoms with Crippen molar-refractivity contribution in [2.45, 2.75) is 11.3 Å². The van der Waals surface area contributed by atoms with Crippen LogP contribution in [0.15, 0.2) is 102 Å². The van der Waals surface area contributed by atoms with Gasteiger partial charge >= 0.3 is 0 Å². The first-order valence-electron chi connectivity index (χ1n) is 13.2. The Morgan fingerprint density at radius 1 is 0.878 bits per heavy atom. The Morgan fingerprint density at radius 2 is 1.59 bits per heavy atom. The van der Waals surface area contributed by atoms with E-state index in [4.69, 9.17) is 21.1 Å². The van der Waals surface area contributed by atoms with Crippen LogP contribution in [0.5, 0.6) is 5.75 Å². The molecule has 0 radical (unpaired) electrons. The van der Waals surface area contributed by atoms with Gasteiger partial charge in [0.1, 0.15) is 5.75 Å². The molecule has 212 valence electrons. The van der Waals surface area contributed by atoms with Gasteiger partial charge in [-0.1, -0.05) is 72.3 Å². The molecule has 0 bridgehead atoms. The minimum atomic E-state index is -3.99. The Kier molecular flexibility index (Phi) is 9.08. The van der Waals surface area contributed by atoms with E-state index in [-0.39, 0.29) is 22.2 Å². The van der Waals surface area contributed by atoms with E-state index >= 15 is 0 Å². The summed E-state index contributed by atoms with van der Waals surface area (Å²) in [7, 11) is -3.99. The summed E-state index contributed by atoms with van der Waals surface area (Å²) in [5, 5.41) is 3.15. The van der Waals surface area contributed by atoms with E-state index < -0.39 is 15.9 Å². The highest BCUT2D eigenvalue weighted by atomic mass is 35.5. The molecule has 1 heterocycles. The highest BCUT2D eigenvalue weighted by Gasteiger charge is 2.22. The van der Waals surface area contributed by atoms with Gasteiger partial charge in [-0.2, -0.15) is 0 Å². The van der Waals surface area contributed by atoms with Gasteiger partial charge in [-0.05, 0) is 47.5 Å². The maximum Gasteiger partial charge on any atom is 0.262 e. The number of morpholine rings is 1. The Hall–Kier alpha value is -4.05. The van der Waals surface area contributed by atoms with Crippen LogP contribution in [-0.2, 0) is 26.0 Å². The first-order valence-corrected chi connectivity index (χ1v) is 15.0. The van der Waals surface area contributed by atoms with Gasteiger partial charge in [0.25, 0.3) is 15.9 Å². The van der Waals surface area contributed by atoms with Gasteiger partial charge in [0.2, 0.25) is 0 Å². The third-order valence-electron chi connectivity index (χ3n) is 6.59. The Morgan fingerprint density at radius 3 is 2.37 bits per heavy atom. The molecule has 0 aromatic heterocycles. The van der Waals surface area contributed by atoms with Crippen molar-refractivity contribution in [3.8, 4) is 5.75 Å². The maximum absolute atomic E-state index is 13.2. The molecule has 1 amide bonds. The fourth-order valence-corrected chi connectivity index (χ4v) is 5.89. The second-order valence-electron chi connectivity index (χ2n) is 9.47. The van der Waals surface area contributed by atoms with Crippen LogP contribution in [0.4, 0.5) is 17.1 Å². The zero-order valence-electron chi connectivity index (χ0n) is 22.3. The van der Waals surface area contributed by atoms with Crippen molar-refractivity contribution in [3.63, 3.8) is 0 Å². The number of hydrogen-bond donors (Lipinski definition) is 2. The number of halogens is 1. The Balaban J connectivity index is 1.35. The van der Waals surface area contributed by atoms with Crippen molar-refractivity contribution in [1.82, 2.24) is 0 Å². The molecule has 0 unspecified atom stereocenters. The third kappa shape index (κ3) is 7.38. The van der Waals surface area contributed by atoms with Gasteiger partial charge in [-0.3, -0.25) is 9.52 Å². The second-order valence-corrected chi connectivity index (χ2v) is 11.6. The molecule has 1 aliphatic heterocycles. The van der Waals surface area contributed by atoms with Crippen LogP contribution in [-0.4, -0.2) is 47.2 Å². The molecule has 2 N–H and O–H groups in total. The number of para-hydroxylation sites is 2. The third-order valence-corrected chi connectivity index (χ3v) is 8.28. The molecular formula is C31H30ClN3O5S. The maximum atomic E-state index is 13.2. The van der Waals surface area contributed by atoms with Crippen LogP contribution in [0, 0.1) is 0 Å². The van der Waals surface area contributed by atoms with E-state index in [1.54, 1.807) is 30.3 Å². The number of ether oxygens (including phenoxy) is 2. The van der Waals surface area contributed by atoms with E-state index in [9.17, 15) is 13.2 Å². The van der Waals surface area contributed by atoms with Crippen LogP contribution >= 0.6 is 11.6 Å². The summed E-state index contributed by atoms with van der Waals surface area (Å²) < 4.78 is 40.4. The molecule has 4 aromatic carbocycles. The van der Waals surface area contributed by atoms with Gasteiger partial charge in [0.05, 0.1) is 40.2 Å². The summed E-state index contributed by atoms with van der Waals surface area (Å²) >= 11 is 6.17. The average molecular weight is 592 g/mol. The first kappa shape index (κ1) is 28.5. The smallest absolute Gasteiger partial charge is 0.262 e. The van der Waals surface area contributed by atoms with Crippen molar-refractivity contribution >= 4 is 44.6 Å². The van der Waals surface area contributed by atoms with Crippen LogP contribution in [0.25, 0.3) is 0 Å². The van der Waals surface area contributed by atoms with E-state index in [2.05, 4.69) is 10.0 Å². The quantitative estimate of drug-likeness (QED) is 0.250. The van der Waals surface area contributed by atoms with Crippen molar-refractivity contribution in [3.05, 3.63) is 113 Å². The standard InChI is InChI=1S/C31H30ClN3O5S/c32-26-11-5-6-12-27(26)34-41(37,38)25-14-15-29(35-16-18-39-19-17-35)28(21-25)33-31(36)22-40-30-13-7-4-10-24(30)20-23-8-2-1-3-9-23/h1-15,21,34H,16-20,22H2,(H,33,36). The summed E-state index contributed by atoms with van der Waals surface area (Å²) in [6.45, 7) is 2.03. The van der Waals surface area contributed by atoms with Gasteiger partial charge in [0, 0.05) is 19.5 Å². The number of sulfonamides is 1. The molecule has 41 heavy (non-hydrogen) atoms. The SMILES string of the molecule is O=C(COc1ccccc1Cc1ccccc1)Nc1cc(S(=O)(=O)Nc2ccccc2Cl)ccc1N1CCOCC1. The van der Waals surface area contributed by atoms with Crippen LogP contribution < -0.4 is 19.7 Å². The number of anilines is 3. The zero-order chi connectivity index (χ0) is 28.7. The number of hydrogen-bond acceptors (Lipinski definition) is 6. The van der Waals surface area contributed by atoms with Crippen molar-refractivity contribution in [1.29, 1.82) is 0 Å². The van der Waals surface area contributed by atoms with Crippen LogP contribution in [0.1, 0.15) is 11.1 Å². The summed E-state index contributed by atoms with van der Waals surface area (Å²) in [6.07, 6.45) is 0.665. The molecular weight excluding hydrogens is 562 g/mol. The molecule has 1 fully saturated rings. The monoisotopic (exact) mass is 591 g/mol. The highest BCUT2D eigenvalue weighted by Crippen LogP contribution is 2.32. The first-order chi connectivity index (χ1) is 19.9. The Bertz CT molecular complexity index is 1610. The number of amides is 1. The summed E-state index contributed by atoms with van der Waals surface area (Å²) in [5.74, 6) is 0.197. The topological polar surface area (TPSA) is 97.0 Å². The van der Waals surface area contributed by atoms with E-state index in [0.717, 1.165) is 11.1 Å². The summed E-state index contributed by atoms with van der Waals surface area (Å²) in [6, 6.07) is 28.8. The van der Waals surface area contributed by atoms with Gasteiger partial charge in [-0.15, -0.1) is 0 Å². The van der Waals surface area contributed by atoms with Gasteiger partial charge in [0.15, 0.2) is 6.61 Å². The van der Waals surface area contributed by atoms with Crippen molar-refractivity contribution < 1.29 is 22.7 Å². The molecule has 4 aromatic rings. The van der Waals surface area contributed by atoms with Gasteiger partial charge < -0.3 is 19.7 Å². The fraction of sp³-hybridized carbons (Fsp3) is 0.194. The zero-order valence-corrected chi connectivity index (χ0v) is 23.8. The van der Waals surface area contributed by atoms with Crippen molar-refractivity contribution in [2.24, 2.45) is 0 Å². The normalized spacial score (nSPS) is 13.4. The van der Waals surface area contributed by atoms with Gasteiger partial charge in [-0.25, -0.2) is 8.42 Å². The lowest BCUT2D eigenvalue weighted by Crippen LogP contribution is -2.37. The predicted octanol–water partition coefficient (Wildman–Crippen LogP) is 5.59. The van der Waals surface area contributed by atoms with E-state index in [0.29, 0.717) is 49.8 Å². The summed E-state index contributed by atoms with van der Waals surface area (Å²) in [5.41, 5.74) is 3.41. The van der Waals surface area contributed by atoms with E-state index in [1.165, 1.54) is 12.1 Å². The number of carbonyl (C=O) groups excluding carboxylic acids is 1. The number of nitrogens with one attached hydrogen (secondary N) is 2. The Labute approximate surface area is 244 Å². The molecule has 10 heteroatoms. The molecule has 1 saturated heterocycles. The number of benzene rings is 4. The molecule has 5 rings (SSSR count). The number of rotatable bonds is 10. The number of carbonyl (C=O) groups is 1. The molecule has 0 atom stereocenters. The number of nitrogens with zero attached hydrogens (tertiary/aromatic N) is 1. The molecule has 1 aliphatic rings. The highest BCUT2D eigenvalue weighted by molar-refractivity contribution is 7.92. The predicted molar refractivity (Wildman–Crippen MR) is 162 cm³/mol. The minimum Gasteiger partial charge on any atom is -0.483 e. The largest absolute Gasteiger partial charge is 0.483 e. The molecule has 8 nitrogen and oxygen atoms in total. The summed E-state index contributed by atoms with van der Waals surface area (Å²) in [4.78, 5) is 15.2.